The minimum Gasteiger partial charge on any atom is -0.342 e. The molecule has 1 fully saturated rings. The summed E-state index contributed by atoms with van der Waals surface area (Å²) in [6.07, 6.45) is 4.70. The number of benzene rings is 1. The molecule has 26 heavy (non-hydrogen) atoms. The van der Waals surface area contributed by atoms with Crippen LogP contribution in [0.1, 0.15) is 43.7 Å². The number of aromatic nitrogens is 2. The van der Waals surface area contributed by atoms with E-state index in [4.69, 9.17) is 0 Å². The van der Waals surface area contributed by atoms with Crippen molar-refractivity contribution in [2.75, 3.05) is 18.4 Å². The van der Waals surface area contributed by atoms with Gasteiger partial charge in [-0.2, -0.15) is 0 Å². The van der Waals surface area contributed by atoms with Crippen LogP contribution in [0.3, 0.4) is 0 Å². The number of anilines is 2. The normalized spacial score (nSPS) is 16.2. The van der Waals surface area contributed by atoms with Crippen molar-refractivity contribution in [1.82, 2.24) is 15.1 Å². The van der Waals surface area contributed by atoms with Crippen molar-refractivity contribution in [3.05, 3.63) is 29.3 Å². The molecule has 2 heterocycles. The summed E-state index contributed by atoms with van der Waals surface area (Å²) in [6.45, 7) is 7.93. The minimum atomic E-state index is -0.130. The van der Waals surface area contributed by atoms with Crippen LogP contribution < -0.4 is 5.32 Å². The fourth-order valence-electron chi connectivity index (χ4n) is 3.06. The Balaban J connectivity index is 1.60. The molecule has 140 valence electrons. The van der Waals surface area contributed by atoms with Crippen molar-refractivity contribution in [2.24, 2.45) is 0 Å². The summed E-state index contributed by atoms with van der Waals surface area (Å²) in [6, 6.07) is 6.17. The topological polar surface area (TPSA) is 58.1 Å². The lowest BCUT2D eigenvalue weighted by atomic mass is 10.1. The Morgan fingerprint density at radius 3 is 2.65 bits per heavy atom. The fourth-order valence-corrected chi connectivity index (χ4v) is 5.05. The van der Waals surface area contributed by atoms with Crippen LogP contribution in [0.2, 0.25) is 0 Å². The number of amides is 1. The zero-order chi connectivity index (χ0) is 18.5. The summed E-state index contributed by atoms with van der Waals surface area (Å²) in [4.78, 5) is 14.7. The Bertz CT molecular complexity index is 754. The van der Waals surface area contributed by atoms with Crippen molar-refractivity contribution in [3.8, 4) is 0 Å². The molecule has 1 atom stereocenters. The number of aryl methyl sites for hydroxylation is 1. The van der Waals surface area contributed by atoms with Crippen LogP contribution in [0.4, 0.5) is 10.8 Å². The molecule has 2 aromatic rings. The molecule has 1 N–H and O–H groups in total. The molecule has 5 nitrogen and oxygen atoms in total. The SMILES string of the molecule is Cc1cccc(Nc2nnc(SC(C)C(=O)N3CCCCCC3)s2)c1C. The first kappa shape index (κ1) is 19.2. The molecule has 7 heteroatoms. The third-order valence-electron chi connectivity index (χ3n) is 4.80. The zero-order valence-corrected chi connectivity index (χ0v) is 17.3. The zero-order valence-electron chi connectivity index (χ0n) is 15.6. The Kier molecular flexibility index (Phi) is 6.53. The average molecular weight is 391 g/mol. The predicted octanol–water partition coefficient (Wildman–Crippen LogP) is 4.78. The number of nitrogens with one attached hydrogen (secondary N) is 1. The molecule has 0 spiro atoms. The third-order valence-corrected chi connectivity index (χ3v) is 6.81. The summed E-state index contributed by atoms with van der Waals surface area (Å²) in [5, 5.41) is 12.5. The molecular weight excluding hydrogens is 364 g/mol. The van der Waals surface area contributed by atoms with Crippen LogP contribution in [0.5, 0.6) is 0 Å². The van der Waals surface area contributed by atoms with Crippen LogP contribution in [0, 0.1) is 13.8 Å². The van der Waals surface area contributed by atoms with Gasteiger partial charge in [-0.25, -0.2) is 0 Å². The van der Waals surface area contributed by atoms with Crippen molar-refractivity contribution < 1.29 is 4.79 Å². The quantitative estimate of drug-likeness (QED) is 0.745. The average Bonchev–Trinajstić information content (AvgIpc) is 2.89. The van der Waals surface area contributed by atoms with Crippen molar-refractivity contribution >= 4 is 39.8 Å². The highest BCUT2D eigenvalue weighted by Gasteiger charge is 2.23. The number of likely N-dealkylation sites (tertiary alicyclic amines) is 1. The van der Waals surface area contributed by atoms with E-state index in [9.17, 15) is 4.79 Å². The molecule has 0 radical (unpaired) electrons. The second kappa shape index (κ2) is 8.86. The van der Waals surface area contributed by atoms with Crippen LogP contribution >= 0.6 is 23.1 Å². The summed E-state index contributed by atoms with van der Waals surface area (Å²) in [7, 11) is 0. The first-order chi connectivity index (χ1) is 12.5. The van der Waals surface area contributed by atoms with Gasteiger partial charge in [0.15, 0.2) is 4.34 Å². The summed E-state index contributed by atoms with van der Waals surface area (Å²) < 4.78 is 0.827. The van der Waals surface area contributed by atoms with Gasteiger partial charge in [0.1, 0.15) is 0 Å². The van der Waals surface area contributed by atoms with Gasteiger partial charge in [-0.05, 0) is 50.8 Å². The van der Waals surface area contributed by atoms with E-state index < -0.39 is 0 Å². The molecule has 0 saturated carbocycles. The van der Waals surface area contributed by atoms with E-state index in [1.807, 2.05) is 24.0 Å². The van der Waals surface area contributed by atoms with Gasteiger partial charge in [0.2, 0.25) is 11.0 Å². The van der Waals surface area contributed by atoms with Gasteiger partial charge in [0, 0.05) is 18.8 Å². The van der Waals surface area contributed by atoms with Gasteiger partial charge in [-0.1, -0.05) is 48.1 Å². The van der Waals surface area contributed by atoms with E-state index in [0.29, 0.717) is 0 Å². The largest absolute Gasteiger partial charge is 0.342 e. The fraction of sp³-hybridized carbons (Fsp3) is 0.526. The Morgan fingerprint density at radius 1 is 1.19 bits per heavy atom. The molecule has 1 aliphatic rings. The lowest BCUT2D eigenvalue weighted by Crippen LogP contribution is -2.37. The van der Waals surface area contributed by atoms with Crippen LogP contribution in [-0.4, -0.2) is 39.3 Å². The Labute approximate surface area is 163 Å². The maximum absolute atomic E-state index is 12.7. The molecule has 3 rings (SSSR count). The van der Waals surface area contributed by atoms with Crippen molar-refractivity contribution in [2.45, 2.75) is 56.0 Å². The maximum Gasteiger partial charge on any atom is 0.235 e. The molecule has 0 bridgehead atoms. The smallest absolute Gasteiger partial charge is 0.235 e. The van der Waals surface area contributed by atoms with Crippen LogP contribution in [0.25, 0.3) is 0 Å². The minimum absolute atomic E-state index is 0.130. The molecule has 1 saturated heterocycles. The highest BCUT2D eigenvalue weighted by atomic mass is 32.2. The molecule has 1 amide bonds. The summed E-state index contributed by atoms with van der Waals surface area (Å²) in [5.74, 6) is 0.219. The van der Waals surface area contributed by atoms with E-state index >= 15 is 0 Å². The molecular formula is C19H26N4OS2. The molecule has 1 unspecified atom stereocenters. The lowest BCUT2D eigenvalue weighted by molar-refractivity contribution is -0.130. The van der Waals surface area contributed by atoms with Gasteiger partial charge in [0.25, 0.3) is 0 Å². The third kappa shape index (κ3) is 4.76. The number of nitrogens with zero attached hydrogens (tertiary/aromatic N) is 3. The van der Waals surface area contributed by atoms with Gasteiger partial charge in [-0.3, -0.25) is 4.79 Å². The number of rotatable bonds is 5. The van der Waals surface area contributed by atoms with Gasteiger partial charge >= 0.3 is 0 Å². The van der Waals surface area contributed by atoms with Crippen molar-refractivity contribution in [1.29, 1.82) is 0 Å². The van der Waals surface area contributed by atoms with E-state index in [-0.39, 0.29) is 11.2 Å². The summed E-state index contributed by atoms with van der Waals surface area (Å²) in [5.41, 5.74) is 3.50. The number of carbonyl (C=O) groups is 1. The predicted molar refractivity (Wildman–Crippen MR) is 109 cm³/mol. The van der Waals surface area contributed by atoms with Gasteiger partial charge < -0.3 is 10.2 Å². The van der Waals surface area contributed by atoms with Crippen LogP contribution in [-0.2, 0) is 4.79 Å². The highest BCUT2D eigenvalue weighted by Crippen LogP contribution is 2.32. The first-order valence-electron chi connectivity index (χ1n) is 9.17. The Morgan fingerprint density at radius 2 is 1.92 bits per heavy atom. The lowest BCUT2D eigenvalue weighted by Gasteiger charge is -2.23. The Hall–Kier alpha value is -1.60. The summed E-state index contributed by atoms with van der Waals surface area (Å²) >= 11 is 3.00. The maximum atomic E-state index is 12.7. The molecule has 1 aromatic heterocycles. The first-order valence-corrected chi connectivity index (χ1v) is 10.9. The molecule has 1 aromatic carbocycles. The monoisotopic (exact) mass is 390 g/mol. The van der Waals surface area contributed by atoms with E-state index in [0.717, 1.165) is 41.1 Å². The number of hydrogen-bond acceptors (Lipinski definition) is 6. The second-order valence-corrected chi connectivity index (χ2v) is 9.31. The number of thioether (sulfide) groups is 1. The van der Waals surface area contributed by atoms with Crippen LogP contribution in [0.15, 0.2) is 22.5 Å². The van der Waals surface area contributed by atoms with Gasteiger partial charge in [0.05, 0.1) is 5.25 Å². The van der Waals surface area contributed by atoms with Gasteiger partial charge in [-0.15, -0.1) is 10.2 Å². The second-order valence-electron chi connectivity index (χ2n) is 6.75. The van der Waals surface area contributed by atoms with E-state index in [2.05, 4.69) is 35.4 Å². The standard InChI is InChI=1S/C19H26N4OS2/c1-13-9-8-10-16(14(13)2)20-18-21-22-19(26-18)25-15(3)17(24)23-11-6-4-5-7-12-23/h8-10,15H,4-7,11-12H2,1-3H3,(H,20,21). The molecule has 0 aliphatic carbocycles. The van der Waals surface area contributed by atoms with E-state index in [1.165, 1.54) is 47.1 Å². The highest BCUT2D eigenvalue weighted by molar-refractivity contribution is 8.02. The van der Waals surface area contributed by atoms with Crippen molar-refractivity contribution in [3.63, 3.8) is 0 Å². The number of carbonyl (C=O) groups excluding carboxylic acids is 1. The van der Waals surface area contributed by atoms with E-state index in [1.54, 1.807) is 0 Å². The molecule has 1 aliphatic heterocycles. The number of hydrogen-bond donors (Lipinski definition) is 1.